The lowest BCUT2D eigenvalue weighted by molar-refractivity contribution is 0.262. The Labute approximate surface area is 163 Å². The van der Waals surface area contributed by atoms with Gasteiger partial charge in [-0.25, -0.2) is 9.78 Å². The Hall–Kier alpha value is -3.03. The number of methoxy groups -OCH3 is 1. The summed E-state index contributed by atoms with van der Waals surface area (Å²) >= 11 is 7.22. The molecule has 8 heteroatoms. The lowest BCUT2D eigenvalue weighted by Crippen LogP contribution is -2.19. The maximum Gasteiger partial charge on any atom is 0.325 e. The number of ether oxygens (including phenoxy) is 1. The lowest BCUT2D eigenvalue weighted by atomic mass is 10.2. The Morgan fingerprint density at radius 1 is 1.19 bits per heavy atom. The third-order valence-corrected chi connectivity index (χ3v) is 4.78. The van der Waals surface area contributed by atoms with E-state index in [9.17, 15) is 4.79 Å². The van der Waals surface area contributed by atoms with Crippen molar-refractivity contribution >= 4 is 50.8 Å². The summed E-state index contributed by atoms with van der Waals surface area (Å²) in [7, 11) is 1.60. The Morgan fingerprint density at radius 3 is 2.85 bits per heavy atom. The first-order chi connectivity index (χ1) is 13.1. The highest BCUT2D eigenvalue weighted by atomic mass is 35.5. The molecule has 136 valence electrons. The van der Waals surface area contributed by atoms with Crippen LogP contribution in [0.15, 0.2) is 58.3 Å². The van der Waals surface area contributed by atoms with Crippen LogP contribution in [-0.2, 0) is 0 Å². The van der Waals surface area contributed by atoms with Crippen LogP contribution >= 0.6 is 22.9 Å². The molecule has 4 aromatic rings. The first-order valence-electron chi connectivity index (χ1n) is 7.98. The van der Waals surface area contributed by atoms with Gasteiger partial charge >= 0.3 is 6.03 Å². The second kappa shape index (κ2) is 7.30. The van der Waals surface area contributed by atoms with E-state index >= 15 is 0 Å². The van der Waals surface area contributed by atoms with Crippen molar-refractivity contribution in [2.75, 3.05) is 17.7 Å². The van der Waals surface area contributed by atoms with Crippen molar-refractivity contribution < 1.29 is 13.9 Å². The minimum Gasteiger partial charge on any atom is -0.493 e. The van der Waals surface area contributed by atoms with E-state index in [0.717, 1.165) is 5.39 Å². The number of carbonyl (C=O) groups excluding carboxylic acids is 1. The van der Waals surface area contributed by atoms with Gasteiger partial charge < -0.3 is 14.5 Å². The highest BCUT2D eigenvalue weighted by Gasteiger charge is 2.14. The number of anilines is 2. The summed E-state index contributed by atoms with van der Waals surface area (Å²) in [5.41, 5.74) is 1.90. The molecule has 0 atom stereocenters. The van der Waals surface area contributed by atoms with E-state index < -0.39 is 6.03 Å². The first-order valence-corrected chi connectivity index (χ1v) is 9.24. The van der Waals surface area contributed by atoms with Gasteiger partial charge in [-0.15, -0.1) is 11.3 Å². The van der Waals surface area contributed by atoms with Crippen molar-refractivity contribution in [3.05, 3.63) is 58.9 Å². The molecule has 6 nitrogen and oxygen atoms in total. The number of carbonyl (C=O) groups is 1. The van der Waals surface area contributed by atoms with Crippen molar-refractivity contribution in [1.29, 1.82) is 0 Å². The zero-order chi connectivity index (χ0) is 18.8. The van der Waals surface area contributed by atoms with Crippen molar-refractivity contribution in [1.82, 2.24) is 4.98 Å². The molecule has 2 N–H and O–H groups in total. The van der Waals surface area contributed by atoms with Crippen molar-refractivity contribution in [2.24, 2.45) is 0 Å². The van der Waals surface area contributed by atoms with E-state index in [1.165, 1.54) is 11.3 Å². The highest BCUT2D eigenvalue weighted by molar-refractivity contribution is 7.14. The number of amides is 2. The summed E-state index contributed by atoms with van der Waals surface area (Å²) < 4.78 is 11.2. The van der Waals surface area contributed by atoms with E-state index in [0.29, 0.717) is 38.6 Å². The van der Waals surface area contributed by atoms with Gasteiger partial charge in [0.15, 0.2) is 22.2 Å². The van der Waals surface area contributed by atoms with Gasteiger partial charge in [0.2, 0.25) is 0 Å². The zero-order valence-electron chi connectivity index (χ0n) is 14.2. The number of benzene rings is 2. The standard InChI is InChI=1S/C19H14ClN3O3S/c1-25-15-7-2-4-11-8-16(26-17(11)15)14-10-27-19(22-14)23-18(24)21-13-6-3-5-12(20)9-13/h2-10H,1H3,(H2,21,22,23,24). The van der Waals surface area contributed by atoms with Crippen LogP contribution in [-0.4, -0.2) is 18.1 Å². The minimum absolute atomic E-state index is 0.399. The number of rotatable bonds is 4. The molecule has 0 radical (unpaired) electrons. The minimum atomic E-state index is -0.399. The number of halogens is 1. The Kier molecular flexibility index (Phi) is 4.70. The normalized spacial score (nSPS) is 10.7. The van der Waals surface area contributed by atoms with Gasteiger partial charge in [0.1, 0.15) is 5.69 Å². The number of nitrogens with zero attached hydrogens (tertiary/aromatic N) is 1. The SMILES string of the molecule is COc1cccc2cc(-c3csc(NC(=O)Nc4cccc(Cl)c4)n3)oc12. The average molecular weight is 400 g/mol. The number of urea groups is 1. The maximum atomic E-state index is 12.1. The fourth-order valence-corrected chi connectivity index (χ4v) is 3.48. The summed E-state index contributed by atoms with van der Waals surface area (Å²) in [5.74, 6) is 1.27. The molecule has 0 aliphatic heterocycles. The van der Waals surface area contributed by atoms with Crippen LogP contribution in [0.3, 0.4) is 0 Å². The van der Waals surface area contributed by atoms with Crippen molar-refractivity contribution in [2.45, 2.75) is 0 Å². The van der Waals surface area contributed by atoms with Gasteiger partial charge in [-0.3, -0.25) is 5.32 Å². The second-order valence-electron chi connectivity index (χ2n) is 5.62. The van der Waals surface area contributed by atoms with Gasteiger partial charge in [0.25, 0.3) is 0 Å². The van der Waals surface area contributed by atoms with Gasteiger partial charge in [-0.1, -0.05) is 29.8 Å². The molecular weight excluding hydrogens is 386 g/mol. The van der Waals surface area contributed by atoms with E-state index in [-0.39, 0.29) is 0 Å². The summed E-state index contributed by atoms with van der Waals surface area (Å²) in [5, 5.41) is 9.16. The Bertz CT molecular complexity index is 1120. The Morgan fingerprint density at radius 2 is 2.04 bits per heavy atom. The van der Waals surface area contributed by atoms with Crippen LogP contribution in [0.5, 0.6) is 5.75 Å². The molecule has 0 aliphatic carbocycles. The largest absolute Gasteiger partial charge is 0.493 e. The summed E-state index contributed by atoms with van der Waals surface area (Å²) in [6.07, 6.45) is 0. The van der Waals surface area contributed by atoms with E-state index in [1.54, 1.807) is 31.4 Å². The maximum absolute atomic E-state index is 12.1. The van der Waals surface area contributed by atoms with E-state index in [4.69, 9.17) is 20.8 Å². The molecule has 0 fully saturated rings. The van der Waals surface area contributed by atoms with Gasteiger partial charge in [0, 0.05) is 21.5 Å². The highest BCUT2D eigenvalue weighted by Crippen LogP contribution is 2.34. The molecule has 4 rings (SSSR count). The molecule has 0 unspecified atom stereocenters. The number of hydrogen-bond acceptors (Lipinski definition) is 5. The predicted octanol–water partition coefficient (Wildman–Crippen LogP) is 5.86. The summed E-state index contributed by atoms with van der Waals surface area (Å²) in [4.78, 5) is 16.5. The van der Waals surface area contributed by atoms with Crippen LogP contribution in [0.2, 0.25) is 5.02 Å². The number of furan rings is 1. The monoisotopic (exact) mass is 399 g/mol. The molecule has 2 heterocycles. The molecule has 0 spiro atoms. The smallest absolute Gasteiger partial charge is 0.325 e. The summed E-state index contributed by atoms with van der Waals surface area (Å²) in [6.45, 7) is 0. The third kappa shape index (κ3) is 3.74. The number of thiazole rings is 1. The van der Waals surface area contributed by atoms with Gasteiger partial charge in [0.05, 0.1) is 7.11 Å². The van der Waals surface area contributed by atoms with Crippen LogP contribution in [0.4, 0.5) is 15.6 Å². The predicted molar refractivity (Wildman–Crippen MR) is 108 cm³/mol. The molecule has 2 amide bonds. The van der Waals surface area contributed by atoms with Crippen LogP contribution in [0, 0.1) is 0 Å². The van der Waals surface area contributed by atoms with Crippen molar-refractivity contribution in [3.8, 4) is 17.2 Å². The molecule has 2 aromatic carbocycles. The van der Waals surface area contributed by atoms with E-state index in [1.807, 2.05) is 29.6 Å². The molecular formula is C19H14ClN3O3S. The average Bonchev–Trinajstić information content (AvgIpc) is 3.27. The van der Waals surface area contributed by atoms with Crippen molar-refractivity contribution in [3.63, 3.8) is 0 Å². The number of fused-ring (bicyclic) bond motifs is 1. The summed E-state index contributed by atoms with van der Waals surface area (Å²) in [6, 6.07) is 14.1. The van der Waals surface area contributed by atoms with Crippen LogP contribution in [0.1, 0.15) is 0 Å². The number of hydrogen-bond donors (Lipinski definition) is 2. The topological polar surface area (TPSA) is 76.4 Å². The fourth-order valence-electron chi connectivity index (χ4n) is 2.59. The van der Waals surface area contributed by atoms with Crippen LogP contribution < -0.4 is 15.4 Å². The van der Waals surface area contributed by atoms with Gasteiger partial charge in [-0.05, 0) is 30.3 Å². The number of nitrogens with one attached hydrogen (secondary N) is 2. The molecule has 0 saturated heterocycles. The fraction of sp³-hybridized carbons (Fsp3) is 0.0526. The van der Waals surface area contributed by atoms with Crippen LogP contribution in [0.25, 0.3) is 22.4 Å². The molecule has 2 aromatic heterocycles. The number of aromatic nitrogens is 1. The molecule has 0 saturated carbocycles. The quantitative estimate of drug-likeness (QED) is 0.450. The second-order valence-corrected chi connectivity index (χ2v) is 6.91. The Balaban J connectivity index is 1.51. The van der Waals surface area contributed by atoms with Gasteiger partial charge in [-0.2, -0.15) is 0 Å². The molecule has 0 bridgehead atoms. The zero-order valence-corrected chi connectivity index (χ0v) is 15.7. The lowest BCUT2D eigenvalue weighted by Gasteiger charge is -2.05. The first kappa shape index (κ1) is 17.4. The third-order valence-electron chi connectivity index (χ3n) is 3.79. The molecule has 27 heavy (non-hydrogen) atoms. The van der Waals surface area contributed by atoms with E-state index in [2.05, 4.69) is 15.6 Å². The molecule has 0 aliphatic rings. The number of para-hydroxylation sites is 1.